The predicted molar refractivity (Wildman–Crippen MR) is 88.7 cm³/mol. The van der Waals surface area contributed by atoms with Crippen molar-refractivity contribution in [3.05, 3.63) is 23.8 Å². The summed E-state index contributed by atoms with van der Waals surface area (Å²) in [5.74, 6) is -0.0453. The van der Waals surface area contributed by atoms with Gasteiger partial charge in [0.1, 0.15) is 0 Å². The van der Waals surface area contributed by atoms with Gasteiger partial charge in [-0.25, -0.2) is 13.1 Å². The molecule has 1 aliphatic carbocycles. The maximum absolute atomic E-state index is 12.4. The number of hydrogen-bond donors (Lipinski definition) is 3. The van der Waals surface area contributed by atoms with Crippen LogP contribution in [0.1, 0.15) is 31.2 Å². The Bertz CT molecular complexity index is 693. The predicted octanol–water partition coefficient (Wildman–Crippen LogP) is 1.37. The summed E-state index contributed by atoms with van der Waals surface area (Å²) in [6, 6.07) is 5.11. The van der Waals surface area contributed by atoms with Crippen molar-refractivity contribution in [2.45, 2.75) is 43.5 Å². The molecule has 1 aromatic carbocycles. The zero-order chi connectivity index (χ0) is 16.4. The van der Waals surface area contributed by atoms with Gasteiger partial charge in [0.25, 0.3) is 0 Å². The molecule has 0 atom stereocenters. The molecule has 0 bridgehead atoms. The second-order valence-corrected chi connectivity index (χ2v) is 8.07. The average Bonchev–Trinajstić information content (AvgIpc) is 3.33. The van der Waals surface area contributed by atoms with E-state index in [1.165, 1.54) is 0 Å². The Morgan fingerprint density at radius 1 is 1.17 bits per heavy atom. The third-order valence-corrected chi connectivity index (χ3v) is 6.02. The van der Waals surface area contributed by atoms with Crippen molar-refractivity contribution in [3.63, 3.8) is 0 Å². The lowest BCUT2D eigenvalue weighted by Gasteiger charge is -2.22. The number of anilines is 1. The van der Waals surface area contributed by atoms with Gasteiger partial charge in [0, 0.05) is 17.6 Å². The van der Waals surface area contributed by atoms with Crippen LogP contribution in [0.4, 0.5) is 5.69 Å². The molecule has 3 rings (SSSR count). The quantitative estimate of drug-likeness (QED) is 0.757. The minimum Gasteiger partial charge on any atom is -0.326 e. The standard InChI is InChI=1S/C16H23N3O3S/c1-11-2-3-14(18-16(20)12-6-8-17-9-7-12)10-15(11)23(21,22)19-13-4-5-13/h2-3,10,12-13,17,19H,4-9H2,1H3,(H,18,20). The van der Waals surface area contributed by atoms with Gasteiger partial charge in [0.2, 0.25) is 15.9 Å². The molecule has 0 aromatic heterocycles. The fourth-order valence-electron chi connectivity index (χ4n) is 2.78. The van der Waals surface area contributed by atoms with E-state index in [-0.39, 0.29) is 22.8 Å². The molecule has 2 aliphatic rings. The Hall–Kier alpha value is -1.44. The summed E-state index contributed by atoms with van der Waals surface area (Å²) in [5.41, 5.74) is 1.22. The molecule has 0 radical (unpaired) electrons. The summed E-state index contributed by atoms with van der Waals surface area (Å²) < 4.78 is 27.5. The first-order valence-electron chi connectivity index (χ1n) is 8.10. The van der Waals surface area contributed by atoms with Crippen LogP contribution in [0.15, 0.2) is 23.1 Å². The number of amides is 1. The highest BCUT2D eigenvalue weighted by Crippen LogP contribution is 2.26. The molecular weight excluding hydrogens is 314 g/mol. The van der Waals surface area contributed by atoms with Crippen LogP contribution in [-0.4, -0.2) is 33.5 Å². The van der Waals surface area contributed by atoms with Crippen LogP contribution in [0.2, 0.25) is 0 Å². The van der Waals surface area contributed by atoms with Gasteiger partial charge in [-0.1, -0.05) is 6.07 Å². The molecule has 1 amide bonds. The van der Waals surface area contributed by atoms with Crippen LogP contribution in [0.3, 0.4) is 0 Å². The van der Waals surface area contributed by atoms with Gasteiger partial charge in [0.15, 0.2) is 0 Å². The zero-order valence-corrected chi connectivity index (χ0v) is 14.1. The molecule has 2 fully saturated rings. The van der Waals surface area contributed by atoms with Crippen molar-refractivity contribution in [2.24, 2.45) is 5.92 Å². The number of nitrogens with one attached hydrogen (secondary N) is 3. The molecule has 0 unspecified atom stereocenters. The molecule has 1 aromatic rings. The first-order valence-corrected chi connectivity index (χ1v) is 9.58. The molecule has 6 nitrogen and oxygen atoms in total. The molecular formula is C16H23N3O3S. The summed E-state index contributed by atoms with van der Waals surface area (Å²) in [5, 5.41) is 6.09. The Labute approximate surface area is 137 Å². The van der Waals surface area contributed by atoms with Crippen molar-refractivity contribution in [3.8, 4) is 0 Å². The van der Waals surface area contributed by atoms with Gasteiger partial charge in [-0.2, -0.15) is 0 Å². The van der Waals surface area contributed by atoms with Crippen molar-refractivity contribution in [1.29, 1.82) is 0 Å². The minimum absolute atomic E-state index is 0.0119. The highest BCUT2D eigenvalue weighted by Gasteiger charge is 2.29. The van der Waals surface area contributed by atoms with Crippen LogP contribution in [0, 0.1) is 12.8 Å². The highest BCUT2D eigenvalue weighted by atomic mass is 32.2. The number of piperidine rings is 1. The van der Waals surface area contributed by atoms with Crippen LogP contribution in [-0.2, 0) is 14.8 Å². The molecule has 0 spiro atoms. The van der Waals surface area contributed by atoms with E-state index >= 15 is 0 Å². The van der Waals surface area contributed by atoms with E-state index < -0.39 is 10.0 Å². The van der Waals surface area contributed by atoms with Gasteiger partial charge < -0.3 is 10.6 Å². The lowest BCUT2D eigenvalue weighted by molar-refractivity contribution is -0.120. The van der Waals surface area contributed by atoms with Gasteiger partial charge in [0.05, 0.1) is 4.90 Å². The third kappa shape index (κ3) is 4.10. The average molecular weight is 337 g/mol. The molecule has 3 N–H and O–H groups in total. The smallest absolute Gasteiger partial charge is 0.241 e. The molecule has 1 heterocycles. The summed E-state index contributed by atoms with van der Waals surface area (Å²) in [7, 11) is -3.52. The van der Waals surface area contributed by atoms with Crippen molar-refractivity contribution in [1.82, 2.24) is 10.0 Å². The zero-order valence-electron chi connectivity index (χ0n) is 13.3. The van der Waals surface area contributed by atoms with Gasteiger partial charge in [-0.15, -0.1) is 0 Å². The Balaban J connectivity index is 1.75. The molecule has 23 heavy (non-hydrogen) atoms. The van der Waals surface area contributed by atoms with Crippen LogP contribution >= 0.6 is 0 Å². The summed E-state index contributed by atoms with van der Waals surface area (Å²) >= 11 is 0. The molecule has 1 aliphatic heterocycles. The van der Waals surface area contributed by atoms with E-state index in [1.807, 2.05) is 0 Å². The number of rotatable bonds is 5. The number of benzene rings is 1. The number of carbonyl (C=O) groups excluding carboxylic acids is 1. The molecule has 7 heteroatoms. The molecule has 126 valence electrons. The SMILES string of the molecule is Cc1ccc(NC(=O)C2CCNCC2)cc1S(=O)(=O)NC1CC1. The fraction of sp³-hybridized carbons (Fsp3) is 0.562. The Morgan fingerprint density at radius 2 is 1.87 bits per heavy atom. The van der Waals surface area contributed by atoms with Gasteiger partial charge in [-0.3, -0.25) is 4.79 Å². The third-order valence-electron chi connectivity index (χ3n) is 4.35. The van der Waals surface area contributed by atoms with E-state index in [9.17, 15) is 13.2 Å². The van der Waals surface area contributed by atoms with E-state index in [0.717, 1.165) is 38.8 Å². The number of sulfonamides is 1. The normalized spacial score (nSPS) is 19.5. The minimum atomic E-state index is -3.52. The maximum Gasteiger partial charge on any atom is 0.241 e. The first kappa shape index (κ1) is 16.4. The summed E-state index contributed by atoms with van der Waals surface area (Å²) in [6.45, 7) is 3.45. The molecule has 1 saturated carbocycles. The van der Waals surface area contributed by atoms with Crippen molar-refractivity contribution in [2.75, 3.05) is 18.4 Å². The fourth-order valence-corrected chi connectivity index (χ4v) is 4.36. The highest BCUT2D eigenvalue weighted by molar-refractivity contribution is 7.89. The molecule has 1 saturated heterocycles. The van der Waals surface area contributed by atoms with Gasteiger partial charge >= 0.3 is 0 Å². The van der Waals surface area contributed by atoms with E-state index in [4.69, 9.17) is 0 Å². The van der Waals surface area contributed by atoms with Crippen LogP contribution in [0.25, 0.3) is 0 Å². The Kier molecular flexibility index (Phi) is 4.70. The first-order chi connectivity index (χ1) is 11.0. The summed E-state index contributed by atoms with van der Waals surface area (Å²) in [4.78, 5) is 12.5. The Morgan fingerprint density at radius 3 is 2.52 bits per heavy atom. The van der Waals surface area contributed by atoms with E-state index in [1.54, 1.807) is 25.1 Å². The van der Waals surface area contributed by atoms with Crippen LogP contribution in [0.5, 0.6) is 0 Å². The number of carbonyl (C=O) groups is 1. The lowest BCUT2D eigenvalue weighted by Crippen LogP contribution is -2.34. The summed E-state index contributed by atoms with van der Waals surface area (Å²) in [6.07, 6.45) is 3.41. The lowest BCUT2D eigenvalue weighted by atomic mass is 9.97. The van der Waals surface area contributed by atoms with E-state index in [0.29, 0.717) is 11.3 Å². The number of aryl methyl sites for hydroxylation is 1. The van der Waals surface area contributed by atoms with Crippen molar-refractivity contribution >= 4 is 21.6 Å². The van der Waals surface area contributed by atoms with E-state index in [2.05, 4.69) is 15.4 Å². The topological polar surface area (TPSA) is 87.3 Å². The monoisotopic (exact) mass is 337 g/mol. The number of hydrogen-bond acceptors (Lipinski definition) is 4. The van der Waals surface area contributed by atoms with Crippen molar-refractivity contribution < 1.29 is 13.2 Å². The largest absolute Gasteiger partial charge is 0.326 e. The van der Waals surface area contributed by atoms with Crippen LogP contribution < -0.4 is 15.4 Å². The second kappa shape index (κ2) is 6.59. The second-order valence-electron chi connectivity index (χ2n) is 6.39. The maximum atomic E-state index is 12.4. The van der Waals surface area contributed by atoms with Gasteiger partial charge in [-0.05, 0) is 63.4 Å².